The summed E-state index contributed by atoms with van der Waals surface area (Å²) in [6.45, 7) is 2.57. The first kappa shape index (κ1) is 14.6. The van der Waals surface area contributed by atoms with Gasteiger partial charge in [0.05, 0.1) is 11.2 Å². The highest BCUT2D eigenvalue weighted by Gasteiger charge is 2.23. The number of hydrogen-bond donors (Lipinski definition) is 1. The van der Waals surface area contributed by atoms with E-state index in [-0.39, 0.29) is 0 Å². The molecule has 0 amide bonds. The van der Waals surface area contributed by atoms with Crippen molar-refractivity contribution in [3.63, 3.8) is 0 Å². The Morgan fingerprint density at radius 1 is 1.42 bits per heavy atom. The van der Waals surface area contributed by atoms with Crippen molar-refractivity contribution in [2.75, 3.05) is 7.05 Å². The van der Waals surface area contributed by atoms with E-state index in [9.17, 15) is 8.42 Å². The van der Waals surface area contributed by atoms with E-state index in [1.807, 2.05) is 6.92 Å². The first-order valence-corrected chi connectivity index (χ1v) is 8.78. The predicted octanol–water partition coefficient (Wildman–Crippen LogP) is 1.79. The molecule has 0 aliphatic heterocycles. The van der Waals surface area contributed by atoms with Crippen molar-refractivity contribution in [3.05, 3.63) is 33.1 Å². The average Bonchev–Trinajstić information content (AvgIpc) is 2.99. The van der Waals surface area contributed by atoms with Crippen molar-refractivity contribution in [2.24, 2.45) is 5.73 Å². The Bertz CT molecular complexity index is 660. The molecule has 2 heterocycles. The van der Waals surface area contributed by atoms with Gasteiger partial charge in [-0.3, -0.25) is 0 Å². The molecule has 0 bridgehead atoms. The van der Waals surface area contributed by atoms with E-state index in [4.69, 9.17) is 5.73 Å². The van der Waals surface area contributed by atoms with Crippen molar-refractivity contribution < 1.29 is 8.42 Å². The maximum Gasteiger partial charge on any atom is 0.252 e. The predicted molar refractivity (Wildman–Crippen MR) is 77.7 cm³/mol. The third-order valence-electron chi connectivity index (χ3n) is 2.74. The van der Waals surface area contributed by atoms with E-state index in [1.165, 1.54) is 27.0 Å². The Morgan fingerprint density at radius 2 is 2.16 bits per heavy atom. The summed E-state index contributed by atoms with van der Waals surface area (Å²) in [5.41, 5.74) is 8.94. The highest BCUT2D eigenvalue weighted by Crippen LogP contribution is 2.25. The van der Waals surface area contributed by atoms with Crippen molar-refractivity contribution in [1.29, 1.82) is 0 Å². The van der Waals surface area contributed by atoms with Crippen LogP contribution >= 0.6 is 22.7 Å². The molecule has 0 saturated heterocycles. The molecule has 19 heavy (non-hydrogen) atoms. The molecule has 0 saturated carbocycles. The van der Waals surface area contributed by atoms with Crippen LogP contribution in [0.15, 0.2) is 21.2 Å². The molecule has 0 radical (unpaired) electrons. The molecule has 8 heteroatoms. The number of aryl methyl sites for hydroxylation is 1. The van der Waals surface area contributed by atoms with Crippen molar-refractivity contribution in [1.82, 2.24) is 9.29 Å². The second-order valence-corrected chi connectivity index (χ2v) is 8.22. The Labute approximate surface area is 120 Å². The summed E-state index contributed by atoms with van der Waals surface area (Å²) < 4.78 is 26.4. The molecule has 104 valence electrons. The maximum absolute atomic E-state index is 12.4. The second-order valence-electron chi connectivity index (χ2n) is 4.10. The fourth-order valence-electron chi connectivity index (χ4n) is 1.51. The Hall–Kier alpha value is -0.800. The monoisotopic (exact) mass is 317 g/mol. The Kier molecular flexibility index (Phi) is 4.36. The van der Waals surface area contributed by atoms with Gasteiger partial charge in [0.1, 0.15) is 4.21 Å². The fraction of sp³-hybridized carbons (Fsp3) is 0.364. The van der Waals surface area contributed by atoms with E-state index < -0.39 is 10.0 Å². The Balaban J connectivity index is 2.22. The number of nitrogens with zero attached hydrogens (tertiary/aromatic N) is 2. The van der Waals surface area contributed by atoms with Crippen LogP contribution in [-0.4, -0.2) is 24.8 Å². The molecule has 0 unspecified atom stereocenters. The molecule has 0 aliphatic rings. The lowest BCUT2D eigenvalue weighted by atomic mass is 10.4. The largest absolute Gasteiger partial charge is 0.326 e. The first-order valence-electron chi connectivity index (χ1n) is 5.58. The zero-order chi connectivity index (χ0) is 14.0. The summed E-state index contributed by atoms with van der Waals surface area (Å²) in [5, 5.41) is 1.78. The standard InChI is InChI=1S/C11H15N3O2S3/c1-8-10(18-7-13-8)5-14(2)19(15,16)11-3-9(4-12)6-17-11/h3,6-7H,4-5,12H2,1-2H3. The minimum absolute atomic E-state index is 0.331. The van der Waals surface area contributed by atoms with Crippen LogP contribution in [0.5, 0.6) is 0 Å². The van der Waals surface area contributed by atoms with Gasteiger partial charge in [-0.15, -0.1) is 22.7 Å². The summed E-state index contributed by atoms with van der Waals surface area (Å²) in [6, 6.07) is 1.63. The van der Waals surface area contributed by atoms with Crippen molar-refractivity contribution in [2.45, 2.75) is 24.2 Å². The molecule has 2 aromatic rings. The number of nitrogens with two attached hydrogens (primary N) is 1. The van der Waals surface area contributed by atoms with E-state index >= 15 is 0 Å². The highest BCUT2D eigenvalue weighted by molar-refractivity contribution is 7.91. The van der Waals surface area contributed by atoms with E-state index in [0.717, 1.165) is 16.1 Å². The van der Waals surface area contributed by atoms with E-state index in [0.29, 0.717) is 17.3 Å². The number of aromatic nitrogens is 1. The molecule has 0 atom stereocenters. The summed E-state index contributed by atoms with van der Waals surface area (Å²) in [4.78, 5) is 5.08. The van der Waals surface area contributed by atoms with Gasteiger partial charge in [-0.1, -0.05) is 0 Å². The number of sulfonamides is 1. The van der Waals surface area contributed by atoms with Gasteiger partial charge in [0.25, 0.3) is 10.0 Å². The third kappa shape index (κ3) is 3.03. The molecular weight excluding hydrogens is 302 g/mol. The highest BCUT2D eigenvalue weighted by atomic mass is 32.2. The van der Waals surface area contributed by atoms with Gasteiger partial charge in [-0.05, 0) is 23.9 Å². The summed E-state index contributed by atoms with van der Waals surface area (Å²) >= 11 is 2.67. The van der Waals surface area contributed by atoms with Crippen LogP contribution in [0.1, 0.15) is 16.1 Å². The molecule has 0 aromatic carbocycles. The lowest BCUT2D eigenvalue weighted by Gasteiger charge is -2.15. The van der Waals surface area contributed by atoms with E-state index in [2.05, 4.69) is 4.98 Å². The SMILES string of the molecule is Cc1ncsc1CN(C)S(=O)(=O)c1cc(CN)cs1. The molecule has 0 fully saturated rings. The lowest BCUT2D eigenvalue weighted by Crippen LogP contribution is -2.25. The topological polar surface area (TPSA) is 76.3 Å². The van der Waals surface area contributed by atoms with Gasteiger partial charge >= 0.3 is 0 Å². The van der Waals surface area contributed by atoms with Crippen LogP contribution in [0.4, 0.5) is 0 Å². The van der Waals surface area contributed by atoms with Gasteiger partial charge in [0.15, 0.2) is 0 Å². The minimum atomic E-state index is -3.45. The number of rotatable bonds is 5. The quantitative estimate of drug-likeness (QED) is 0.912. The normalized spacial score (nSPS) is 12.2. The van der Waals surface area contributed by atoms with Crippen molar-refractivity contribution in [3.8, 4) is 0 Å². The fourth-order valence-corrected chi connectivity index (χ4v) is 5.00. The molecular formula is C11H15N3O2S3. The van der Waals surface area contributed by atoms with Gasteiger partial charge in [-0.2, -0.15) is 4.31 Å². The van der Waals surface area contributed by atoms with Crippen molar-refractivity contribution >= 4 is 32.7 Å². The van der Waals surface area contributed by atoms with Gasteiger partial charge in [0.2, 0.25) is 0 Å². The molecule has 2 aromatic heterocycles. The number of hydrogen-bond acceptors (Lipinski definition) is 6. The van der Waals surface area contributed by atoms with Crippen LogP contribution < -0.4 is 5.73 Å². The van der Waals surface area contributed by atoms with Crippen LogP contribution in [0.2, 0.25) is 0 Å². The molecule has 0 aliphatic carbocycles. The number of thiophene rings is 1. The van der Waals surface area contributed by atoms with Crippen LogP contribution in [-0.2, 0) is 23.1 Å². The van der Waals surface area contributed by atoms with Crippen LogP contribution in [0.3, 0.4) is 0 Å². The second kappa shape index (κ2) is 5.68. The maximum atomic E-state index is 12.4. The molecule has 0 spiro atoms. The summed E-state index contributed by atoms with van der Waals surface area (Å²) in [6.07, 6.45) is 0. The summed E-state index contributed by atoms with van der Waals surface area (Å²) in [7, 11) is -1.87. The lowest BCUT2D eigenvalue weighted by molar-refractivity contribution is 0.470. The first-order chi connectivity index (χ1) is 8.95. The average molecular weight is 317 g/mol. The van der Waals surface area contributed by atoms with Crippen LogP contribution in [0.25, 0.3) is 0 Å². The van der Waals surface area contributed by atoms with Gasteiger partial charge in [0, 0.05) is 25.0 Å². The number of thiazole rings is 1. The zero-order valence-corrected chi connectivity index (χ0v) is 13.1. The third-order valence-corrected chi connectivity index (χ3v) is 6.93. The molecule has 2 N–H and O–H groups in total. The smallest absolute Gasteiger partial charge is 0.252 e. The van der Waals surface area contributed by atoms with Crippen LogP contribution in [0, 0.1) is 6.92 Å². The zero-order valence-electron chi connectivity index (χ0n) is 10.7. The summed E-state index contributed by atoms with van der Waals surface area (Å²) in [5.74, 6) is 0. The Morgan fingerprint density at radius 3 is 2.68 bits per heavy atom. The molecule has 2 rings (SSSR count). The van der Waals surface area contributed by atoms with Gasteiger partial charge < -0.3 is 5.73 Å². The van der Waals surface area contributed by atoms with E-state index in [1.54, 1.807) is 24.0 Å². The molecule has 5 nitrogen and oxygen atoms in total. The van der Waals surface area contributed by atoms with Gasteiger partial charge in [-0.25, -0.2) is 13.4 Å². The minimum Gasteiger partial charge on any atom is -0.326 e.